The molecule has 5 nitrogen and oxygen atoms in total. The van der Waals surface area contributed by atoms with E-state index in [9.17, 15) is 4.79 Å². The molecule has 2 N–H and O–H groups in total. The number of carboxylic acids is 2. The second kappa shape index (κ2) is 16.3. The fourth-order valence-corrected chi connectivity index (χ4v) is 0. The van der Waals surface area contributed by atoms with Crippen molar-refractivity contribution in [1.29, 1.82) is 0 Å². The van der Waals surface area contributed by atoms with E-state index in [4.69, 9.17) is 19.8 Å². The number of aliphatic carboxylic acids is 2. The van der Waals surface area contributed by atoms with Gasteiger partial charge in [-0.1, -0.05) is 6.92 Å². The van der Waals surface area contributed by atoms with Gasteiger partial charge >= 0.3 is 0 Å². The summed E-state index contributed by atoms with van der Waals surface area (Å²) >= 11 is 0. The van der Waals surface area contributed by atoms with Crippen LogP contribution in [-0.4, -0.2) is 28.4 Å². The van der Waals surface area contributed by atoms with E-state index in [-0.39, 0.29) is 0 Å². The summed E-state index contributed by atoms with van der Waals surface area (Å²) in [6, 6.07) is 0. The SMILES string of the molecule is CC(=O)O.CC(=O)O.CCC=O. The van der Waals surface area contributed by atoms with Gasteiger partial charge in [0.05, 0.1) is 0 Å². The van der Waals surface area contributed by atoms with Crippen molar-refractivity contribution in [3.8, 4) is 0 Å². The molecule has 0 spiro atoms. The van der Waals surface area contributed by atoms with Gasteiger partial charge in [-0.15, -0.1) is 0 Å². The summed E-state index contributed by atoms with van der Waals surface area (Å²) in [5.74, 6) is -1.67. The van der Waals surface area contributed by atoms with Crippen LogP contribution in [0.1, 0.15) is 27.2 Å². The molecule has 0 atom stereocenters. The lowest BCUT2D eigenvalue weighted by molar-refractivity contribution is -0.135. The molecule has 0 saturated carbocycles. The molecule has 0 unspecified atom stereocenters. The molecule has 0 aromatic heterocycles. The number of hydrogen-bond acceptors (Lipinski definition) is 3. The Kier molecular flexibility index (Phi) is 23.0. The Bertz CT molecular complexity index is 110. The topological polar surface area (TPSA) is 91.7 Å². The van der Waals surface area contributed by atoms with Crippen LogP contribution in [0.25, 0.3) is 0 Å². The fourth-order valence-electron chi connectivity index (χ4n) is 0. The van der Waals surface area contributed by atoms with Gasteiger partial charge in [0.25, 0.3) is 11.9 Å². The summed E-state index contributed by atoms with van der Waals surface area (Å²) in [6.07, 6.45) is 1.51. The standard InChI is InChI=1S/C3H6O.2C2H4O2/c1-2-3-4;2*1-2(3)4/h3H,2H2,1H3;2*1H3,(H,3,4). The normalized spacial score (nSPS) is 6.25. The molecule has 0 bridgehead atoms. The van der Waals surface area contributed by atoms with Gasteiger partial charge in [0.2, 0.25) is 0 Å². The van der Waals surface area contributed by atoms with Crippen LogP contribution in [0, 0.1) is 0 Å². The maximum Gasteiger partial charge on any atom is 0.300 e. The van der Waals surface area contributed by atoms with Crippen LogP contribution < -0.4 is 0 Å². The zero-order chi connectivity index (χ0) is 10.6. The lowest BCUT2D eigenvalue weighted by atomic mass is 10.6. The van der Waals surface area contributed by atoms with Gasteiger partial charge in [-0.2, -0.15) is 0 Å². The van der Waals surface area contributed by atoms with Crippen LogP contribution in [0.5, 0.6) is 0 Å². The van der Waals surface area contributed by atoms with E-state index < -0.39 is 11.9 Å². The number of carbonyl (C=O) groups excluding carboxylic acids is 1. The predicted molar refractivity (Wildman–Crippen MR) is 43.0 cm³/mol. The highest BCUT2D eigenvalue weighted by atomic mass is 16.4. The first-order valence-electron chi connectivity index (χ1n) is 3.21. The van der Waals surface area contributed by atoms with Crippen LogP contribution in [0.3, 0.4) is 0 Å². The molecule has 0 rings (SSSR count). The molecule has 0 aliphatic rings. The summed E-state index contributed by atoms with van der Waals surface area (Å²) < 4.78 is 0. The Morgan fingerprint density at radius 2 is 1.25 bits per heavy atom. The Labute approximate surface area is 71.0 Å². The first-order chi connectivity index (χ1) is 5.38. The Morgan fingerprint density at radius 3 is 1.25 bits per heavy atom. The fraction of sp³-hybridized carbons (Fsp3) is 0.571. The van der Waals surface area contributed by atoms with Gasteiger partial charge in [0.1, 0.15) is 6.29 Å². The zero-order valence-electron chi connectivity index (χ0n) is 7.40. The van der Waals surface area contributed by atoms with Gasteiger partial charge in [0.15, 0.2) is 0 Å². The molecule has 0 aromatic carbocycles. The molecular formula is C7H14O5. The van der Waals surface area contributed by atoms with Crippen molar-refractivity contribution < 1.29 is 24.6 Å². The van der Waals surface area contributed by atoms with Crippen LogP contribution in [0.4, 0.5) is 0 Å². The molecule has 0 fully saturated rings. The summed E-state index contributed by atoms with van der Waals surface area (Å²) in [6.45, 7) is 3.98. The third-order valence-electron chi connectivity index (χ3n) is 0.167. The maximum atomic E-state index is 9.17. The van der Waals surface area contributed by atoms with Crippen molar-refractivity contribution in [2.24, 2.45) is 0 Å². The molecule has 5 heteroatoms. The average molecular weight is 178 g/mol. The zero-order valence-corrected chi connectivity index (χ0v) is 7.40. The number of carboxylic acid groups (broad SMARTS) is 2. The van der Waals surface area contributed by atoms with Crippen molar-refractivity contribution in [1.82, 2.24) is 0 Å². The van der Waals surface area contributed by atoms with Gasteiger partial charge < -0.3 is 15.0 Å². The van der Waals surface area contributed by atoms with E-state index in [1.807, 2.05) is 6.92 Å². The highest BCUT2D eigenvalue weighted by Crippen LogP contribution is 1.53. The third kappa shape index (κ3) is 3280. The van der Waals surface area contributed by atoms with E-state index in [1.165, 1.54) is 0 Å². The van der Waals surface area contributed by atoms with Crippen molar-refractivity contribution in [2.75, 3.05) is 0 Å². The van der Waals surface area contributed by atoms with Crippen LogP contribution >= 0.6 is 0 Å². The molecular weight excluding hydrogens is 164 g/mol. The first kappa shape index (κ1) is 16.9. The van der Waals surface area contributed by atoms with Gasteiger partial charge in [-0.3, -0.25) is 9.59 Å². The first-order valence-corrected chi connectivity index (χ1v) is 3.21. The summed E-state index contributed by atoms with van der Waals surface area (Å²) in [7, 11) is 0. The van der Waals surface area contributed by atoms with Crippen molar-refractivity contribution >= 4 is 18.2 Å². The Hall–Kier alpha value is -1.39. The molecule has 0 heterocycles. The van der Waals surface area contributed by atoms with Gasteiger partial charge in [-0.25, -0.2) is 0 Å². The maximum absolute atomic E-state index is 9.17. The van der Waals surface area contributed by atoms with E-state index in [2.05, 4.69) is 0 Å². The minimum absolute atomic E-state index is 0.639. The van der Waals surface area contributed by atoms with Crippen molar-refractivity contribution in [3.05, 3.63) is 0 Å². The molecule has 12 heavy (non-hydrogen) atoms. The van der Waals surface area contributed by atoms with Crippen molar-refractivity contribution in [2.45, 2.75) is 27.2 Å². The monoisotopic (exact) mass is 178 g/mol. The minimum atomic E-state index is -0.833. The average Bonchev–Trinajstić information content (AvgIpc) is 1.85. The smallest absolute Gasteiger partial charge is 0.300 e. The number of rotatable bonds is 1. The van der Waals surface area contributed by atoms with Gasteiger partial charge in [-0.05, 0) is 0 Å². The van der Waals surface area contributed by atoms with Gasteiger partial charge in [0, 0.05) is 20.3 Å². The van der Waals surface area contributed by atoms with Crippen LogP contribution in [-0.2, 0) is 14.4 Å². The van der Waals surface area contributed by atoms with E-state index in [1.54, 1.807) is 0 Å². The number of hydrogen-bond donors (Lipinski definition) is 2. The predicted octanol–water partition coefficient (Wildman–Crippen LogP) is 0.777. The van der Waals surface area contributed by atoms with E-state index in [0.29, 0.717) is 6.42 Å². The van der Waals surface area contributed by atoms with E-state index >= 15 is 0 Å². The molecule has 0 radical (unpaired) electrons. The Balaban J connectivity index is -0.000000101. The largest absolute Gasteiger partial charge is 0.481 e. The second-order valence-corrected chi connectivity index (χ2v) is 1.61. The third-order valence-corrected chi connectivity index (χ3v) is 0.167. The summed E-state index contributed by atoms with van der Waals surface area (Å²) in [4.78, 5) is 27.2. The molecule has 72 valence electrons. The Morgan fingerprint density at radius 1 is 1.17 bits per heavy atom. The second-order valence-electron chi connectivity index (χ2n) is 1.61. The summed E-state index contributed by atoms with van der Waals surface area (Å²) in [5, 5.41) is 14.8. The minimum Gasteiger partial charge on any atom is -0.481 e. The molecule has 0 aromatic rings. The van der Waals surface area contributed by atoms with Crippen molar-refractivity contribution in [3.63, 3.8) is 0 Å². The molecule has 0 saturated heterocycles. The van der Waals surface area contributed by atoms with E-state index in [0.717, 1.165) is 20.1 Å². The lowest BCUT2D eigenvalue weighted by Gasteiger charge is -1.59. The molecule has 0 aliphatic carbocycles. The van der Waals surface area contributed by atoms with Crippen LogP contribution in [0.2, 0.25) is 0 Å². The van der Waals surface area contributed by atoms with Crippen LogP contribution in [0.15, 0.2) is 0 Å². The number of aldehydes is 1. The number of carbonyl (C=O) groups is 3. The molecule has 0 aliphatic heterocycles. The summed E-state index contributed by atoms with van der Waals surface area (Å²) in [5.41, 5.74) is 0. The quantitative estimate of drug-likeness (QED) is 0.579. The highest BCUT2D eigenvalue weighted by molar-refractivity contribution is 5.63. The highest BCUT2D eigenvalue weighted by Gasteiger charge is 1.65. The molecule has 0 amide bonds. The lowest BCUT2D eigenvalue weighted by Crippen LogP contribution is -1.78.